The number of nitrogens with one attached hydrogen (secondary N) is 1. The van der Waals surface area contributed by atoms with E-state index in [1.807, 2.05) is 0 Å². The zero-order chi connectivity index (χ0) is 14.4. The van der Waals surface area contributed by atoms with E-state index in [1.165, 1.54) is 4.90 Å². The maximum absolute atomic E-state index is 11.7. The van der Waals surface area contributed by atoms with Gasteiger partial charge in [-0.2, -0.15) is 0 Å². The Morgan fingerprint density at radius 2 is 1.79 bits per heavy atom. The van der Waals surface area contributed by atoms with Crippen molar-refractivity contribution in [2.24, 2.45) is 0 Å². The Hall–Kier alpha value is -2.08. The van der Waals surface area contributed by atoms with Crippen molar-refractivity contribution in [1.82, 2.24) is 9.80 Å². The fraction of sp³-hybridized carbons (Fsp3) is 0.385. The first kappa shape index (κ1) is 15.0. The molecule has 0 aliphatic heterocycles. The van der Waals surface area contributed by atoms with Crippen LogP contribution in [0.2, 0.25) is 0 Å². The number of nitrogens with zero attached hydrogens (tertiary/aromatic N) is 2. The van der Waals surface area contributed by atoms with Crippen LogP contribution in [0.25, 0.3) is 0 Å². The topological polar surface area (TPSA) is 61.9 Å². The number of amides is 2. The number of ether oxygens (including phenoxy) is 1. The van der Waals surface area contributed by atoms with E-state index >= 15 is 0 Å². The lowest BCUT2D eigenvalue weighted by atomic mass is 10.3. The summed E-state index contributed by atoms with van der Waals surface area (Å²) in [5.74, 6) is 0.159. The molecule has 104 valence electrons. The van der Waals surface area contributed by atoms with Crippen molar-refractivity contribution in [1.29, 1.82) is 0 Å². The maximum atomic E-state index is 11.7. The molecule has 0 spiro atoms. The number of carbonyl (C=O) groups is 2. The number of anilines is 1. The van der Waals surface area contributed by atoms with Crippen LogP contribution in [-0.2, 0) is 4.79 Å². The summed E-state index contributed by atoms with van der Waals surface area (Å²) in [6, 6.07) is 6.82. The number of rotatable bonds is 4. The van der Waals surface area contributed by atoms with Crippen LogP contribution in [0.15, 0.2) is 24.3 Å². The highest BCUT2D eigenvalue weighted by molar-refractivity contribution is 5.94. The molecular formula is C13H19N3O3. The third-order valence-electron chi connectivity index (χ3n) is 2.18. The first-order valence-electron chi connectivity index (χ1n) is 5.83. The molecule has 0 fully saturated rings. The van der Waals surface area contributed by atoms with Crippen LogP contribution in [0, 0.1) is 0 Å². The SMILES string of the molecule is CN(C)CC(=O)Nc1ccccc1OC(=O)N(C)C. The molecule has 2 amide bonds. The van der Waals surface area contributed by atoms with E-state index in [0.717, 1.165) is 0 Å². The number of hydrogen-bond acceptors (Lipinski definition) is 4. The van der Waals surface area contributed by atoms with Crippen molar-refractivity contribution in [3.05, 3.63) is 24.3 Å². The monoisotopic (exact) mass is 265 g/mol. The summed E-state index contributed by atoms with van der Waals surface area (Å²) in [5.41, 5.74) is 0.476. The number of benzene rings is 1. The van der Waals surface area contributed by atoms with Gasteiger partial charge in [0.1, 0.15) is 0 Å². The molecule has 6 heteroatoms. The second-order valence-corrected chi connectivity index (χ2v) is 4.54. The largest absolute Gasteiger partial charge is 0.414 e. The average Bonchev–Trinajstić information content (AvgIpc) is 2.30. The Morgan fingerprint density at radius 3 is 2.37 bits per heavy atom. The van der Waals surface area contributed by atoms with Crippen LogP contribution in [0.5, 0.6) is 5.75 Å². The molecular weight excluding hydrogens is 246 g/mol. The number of likely N-dealkylation sites (N-methyl/N-ethyl adjacent to an activating group) is 1. The van der Waals surface area contributed by atoms with Gasteiger partial charge in [0.05, 0.1) is 12.2 Å². The average molecular weight is 265 g/mol. The molecule has 1 aromatic carbocycles. The lowest BCUT2D eigenvalue weighted by Crippen LogP contribution is -2.28. The van der Waals surface area contributed by atoms with E-state index in [9.17, 15) is 9.59 Å². The van der Waals surface area contributed by atoms with Gasteiger partial charge in [-0.1, -0.05) is 12.1 Å². The van der Waals surface area contributed by atoms with Crippen molar-refractivity contribution in [2.75, 3.05) is 40.1 Å². The van der Waals surface area contributed by atoms with Gasteiger partial charge in [-0.15, -0.1) is 0 Å². The highest BCUT2D eigenvalue weighted by Gasteiger charge is 2.12. The number of para-hydroxylation sites is 2. The summed E-state index contributed by atoms with van der Waals surface area (Å²) >= 11 is 0. The third kappa shape index (κ3) is 4.97. The summed E-state index contributed by atoms with van der Waals surface area (Å²) in [6.07, 6.45) is -0.491. The quantitative estimate of drug-likeness (QED) is 0.890. The fourth-order valence-electron chi connectivity index (χ4n) is 1.32. The highest BCUT2D eigenvalue weighted by atomic mass is 16.6. The molecule has 0 atom stereocenters. The van der Waals surface area contributed by atoms with Crippen LogP contribution in [-0.4, -0.2) is 56.5 Å². The molecule has 0 unspecified atom stereocenters. The lowest BCUT2D eigenvalue weighted by Gasteiger charge is -2.15. The molecule has 0 aliphatic rings. The summed E-state index contributed by atoms with van der Waals surface area (Å²) in [5, 5.41) is 2.71. The molecule has 1 N–H and O–H groups in total. The van der Waals surface area contributed by atoms with Crippen LogP contribution < -0.4 is 10.1 Å². The van der Waals surface area contributed by atoms with Gasteiger partial charge < -0.3 is 19.9 Å². The molecule has 0 bridgehead atoms. The van der Waals surface area contributed by atoms with Crippen LogP contribution in [0.3, 0.4) is 0 Å². The smallest absolute Gasteiger partial charge is 0.408 e. The summed E-state index contributed by atoms with van der Waals surface area (Å²) < 4.78 is 5.17. The molecule has 6 nitrogen and oxygen atoms in total. The van der Waals surface area contributed by atoms with Crippen LogP contribution >= 0.6 is 0 Å². The Kier molecular flexibility index (Phi) is 5.32. The van der Waals surface area contributed by atoms with Gasteiger partial charge in [-0.3, -0.25) is 4.79 Å². The molecule has 0 saturated carbocycles. The van der Waals surface area contributed by atoms with Crippen LogP contribution in [0.4, 0.5) is 10.5 Å². The second kappa shape index (κ2) is 6.75. The Bertz CT molecular complexity index is 458. The van der Waals surface area contributed by atoms with Gasteiger partial charge in [0.2, 0.25) is 5.91 Å². The van der Waals surface area contributed by atoms with E-state index in [2.05, 4.69) is 5.32 Å². The number of hydrogen-bond donors (Lipinski definition) is 1. The molecule has 19 heavy (non-hydrogen) atoms. The Labute approximate surface area is 112 Å². The molecule has 0 heterocycles. The summed E-state index contributed by atoms with van der Waals surface area (Å²) in [6.45, 7) is 0.260. The van der Waals surface area contributed by atoms with Crippen molar-refractivity contribution in [2.45, 2.75) is 0 Å². The van der Waals surface area contributed by atoms with E-state index in [1.54, 1.807) is 57.4 Å². The van der Waals surface area contributed by atoms with E-state index in [0.29, 0.717) is 11.4 Å². The standard InChI is InChI=1S/C13H19N3O3/c1-15(2)9-12(17)14-10-7-5-6-8-11(10)19-13(18)16(3)4/h5-8H,9H2,1-4H3,(H,14,17). The van der Waals surface area contributed by atoms with Crippen molar-refractivity contribution < 1.29 is 14.3 Å². The minimum absolute atomic E-state index is 0.168. The summed E-state index contributed by atoms with van der Waals surface area (Å²) in [4.78, 5) is 26.3. The van der Waals surface area contributed by atoms with Crippen molar-refractivity contribution in [3.63, 3.8) is 0 Å². The Balaban J connectivity index is 2.78. The van der Waals surface area contributed by atoms with E-state index in [-0.39, 0.29) is 12.5 Å². The lowest BCUT2D eigenvalue weighted by molar-refractivity contribution is -0.116. The highest BCUT2D eigenvalue weighted by Crippen LogP contribution is 2.24. The van der Waals surface area contributed by atoms with Gasteiger partial charge >= 0.3 is 6.09 Å². The molecule has 1 aromatic rings. The van der Waals surface area contributed by atoms with E-state index < -0.39 is 6.09 Å². The first-order valence-corrected chi connectivity index (χ1v) is 5.83. The van der Waals surface area contributed by atoms with Crippen molar-refractivity contribution >= 4 is 17.7 Å². The predicted octanol–water partition coefficient (Wildman–Crippen LogP) is 1.25. The molecule has 0 radical (unpaired) electrons. The zero-order valence-corrected chi connectivity index (χ0v) is 11.6. The normalized spacial score (nSPS) is 10.2. The van der Waals surface area contributed by atoms with Crippen LogP contribution in [0.1, 0.15) is 0 Å². The van der Waals surface area contributed by atoms with Gasteiger partial charge in [0.25, 0.3) is 0 Å². The van der Waals surface area contributed by atoms with E-state index in [4.69, 9.17) is 4.74 Å². The molecule has 0 aliphatic carbocycles. The third-order valence-corrected chi connectivity index (χ3v) is 2.18. The maximum Gasteiger partial charge on any atom is 0.414 e. The van der Waals surface area contributed by atoms with Crippen molar-refractivity contribution in [3.8, 4) is 5.75 Å². The molecule has 1 rings (SSSR count). The first-order chi connectivity index (χ1) is 8.90. The minimum Gasteiger partial charge on any atom is -0.408 e. The van der Waals surface area contributed by atoms with Gasteiger partial charge in [0.15, 0.2) is 5.75 Å². The number of carbonyl (C=O) groups excluding carboxylic acids is 2. The Morgan fingerprint density at radius 1 is 1.16 bits per heavy atom. The summed E-state index contributed by atoms with van der Waals surface area (Å²) in [7, 11) is 6.79. The van der Waals surface area contributed by atoms with Gasteiger partial charge in [-0.25, -0.2) is 4.79 Å². The second-order valence-electron chi connectivity index (χ2n) is 4.54. The molecule has 0 aromatic heterocycles. The predicted molar refractivity (Wildman–Crippen MR) is 73.3 cm³/mol. The fourth-order valence-corrected chi connectivity index (χ4v) is 1.32. The van der Waals surface area contributed by atoms with Gasteiger partial charge in [0, 0.05) is 14.1 Å². The van der Waals surface area contributed by atoms with Gasteiger partial charge in [-0.05, 0) is 26.2 Å². The molecule has 0 saturated heterocycles. The minimum atomic E-state index is -0.491. The zero-order valence-electron chi connectivity index (χ0n) is 11.6.